The summed E-state index contributed by atoms with van der Waals surface area (Å²) in [6.07, 6.45) is 7.74. The van der Waals surface area contributed by atoms with Gasteiger partial charge in [0.2, 0.25) is 5.91 Å². The van der Waals surface area contributed by atoms with Gasteiger partial charge in [-0.3, -0.25) is 4.79 Å². The van der Waals surface area contributed by atoms with Crippen molar-refractivity contribution in [2.24, 2.45) is 17.6 Å². The quantitative estimate of drug-likeness (QED) is 0.759. The Morgan fingerprint density at radius 1 is 1.22 bits per heavy atom. The molecule has 0 bridgehead atoms. The number of carbonyl (C=O) groups is 1. The first-order valence-corrected chi connectivity index (χ1v) is 7.71. The van der Waals surface area contributed by atoms with Crippen LogP contribution in [0.25, 0.3) is 0 Å². The van der Waals surface area contributed by atoms with Crippen LogP contribution in [0.2, 0.25) is 0 Å². The van der Waals surface area contributed by atoms with Crippen LogP contribution in [-0.2, 0) is 4.79 Å². The molecule has 0 aliphatic carbocycles. The summed E-state index contributed by atoms with van der Waals surface area (Å²) in [5, 5.41) is 0. The zero-order valence-electron chi connectivity index (χ0n) is 12.2. The van der Waals surface area contributed by atoms with E-state index in [2.05, 4.69) is 18.7 Å². The topological polar surface area (TPSA) is 46.3 Å². The van der Waals surface area contributed by atoms with Crippen molar-refractivity contribution in [3.63, 3.8) is 0 Å². The van der Waals surface area contributed by atoms with Gasteiger partial charge in [-0.1, -0.05) is 26.7 Å². The van der Waals surface area contributed by atoms with Gasteiger partial charge in [-0.05, 0) is 44.6 Å². The standard InChI is InChI=1S/C15H30N2O/c1-3-5-14(6-4-2)15(18)17-11-8-13(7-10-16)9-12-17/h13-14H,3-12,16H2,1-2H3. The lowest BCUT2D eigenvalue weighted by atomic mass is 9.91. The molecule has 0 saturated carbocycles. The van der Waals surface area contributed by atoms with Crippen molar-refractivity contribution in [2.45, 2.75) is 58.8 Å². The molecule has 0 radical (unpaired) electrons. The molecule has 1 heterocycles. The lowest BCUT2D eigenvalue weighted by Crippen LogP contribution is -2.42. The van der Waals surface area contributed by atoms with Crippen LogP contribution in [0.4, 0.5) is 0 Å². The van der Waals surface area contributed by atoms with Gasteiger partial charge >= 0.3 is 0 Å². The van der Waals surface area contributed by atoms with E-state index < -0.39 is 0 Å². The van der Waals surface area contributed by atoms with Crippen molar-refractivity contribution in [1.29, 1.82) is 0 Å². The Labute approximate surface area is 112 Å². The summed E-state index contributed by atoms with van der Waals surface area (Å²) >= 11 is 0. The van der Waals surface area contributed by atoms with E-state index in [-0.39, 0.29) is 5.92 Å². The second kappa shape index (κ2) is 8.52. The SMILES string of the molecule is CCCC(CCC)C(=O)N1CCC(CCN)CC1. The van der Waals surface area contributed by atoms with Gasteiger partial charge in [0.25, 0.3) is 0 Å². The van der Waals surface area contributed by atoms with Crippen molar-refractivity contribution in [1.82, 2.24) is 4.90 Å². The van der Waals surface area contributed by atoms with Crippen LogP contribution in [0.3, 0.4) is 0 Å². The maximum atomic E-state index is 12.4. The molecule has 3 heteroatoms. The predicted molar refractivity (Wildman–Crippen MR) is 76.3 cm³/mol. The van der Waals surface area contributed by atoms with Gasteiger partial charge in [-0.15, -0.1) is 0 Å². The normalized spacial score (nSPS) is 17.4. The fraction of sp³-hybridized carbons (Fsp3) is 0.933. The third-order valence-electron chi connectivity index (χ3n) is 4.12. The lowest BCUT2D eigenvalue weighted by Gasteiger charge is -2.34. The summed E-state index contributed by atoms with van der Waals surface area (Å²) in [7, 11) is 0. The van der Waals surface area contributed by atoms with Gasteiger partial charge in [0.05, 0.1) is 0 Å². The minimum Gasteiger partial charge on any atom is -0.342 e. The molecule has 2 N–H and O–H groups in total. The highest BCUT2D eigenvalue weighted by Crippen LogP contribution is 2.23. The molecule has 1 amide bonds. The van der Waals surface area contributed by atoms with E-state index in [4.69, 9.17) is 5.73 Å². The summed E-state index contributed by atoms with van der Waals surface area (Å²) in [6, 6.07) is 0. The maximum Gasteiger partial charge on any atom is 0.225 e. The van der Waals surface area contributed by atoms with E-state index in [9.17, 15) is 4.79 Å². The van der Waals surface area contributed by atoms with Crippen molar-refractivity contribution in [3.05, 3.63) is 0 Å². The smallest absolute Gasteiger partial charge is 0.225 e. The largest absolute Gasteiger partial charge is 0.342 e. The molecule has 18 heavy (non-hydrogen) atoms. The second-order valence-corrected chi connectivity index (χ2v) is 5.62. The van der Waals surface area contributed by atoms with Crippen molar-refractivity contribution in [2.75, 3.05) is 19.6 Å². The number of piperidine rings is 1. The molecule has 1 fully saturated rings. The van der Waals surface area contributed by atoms with Crippen LogP contribution in [0.15, 0.2) is 0 Å². The Morgan fingerprint density at radius 3 is 2.22 bits per heavy atom. The highest BCUT2D eigenvalue weighted by Gasteiger charge is 2.26. The molecule has 0 spiro atoms. The van der Waals surface area contributed by atoms with Crippen LogP contribution in [0, 0.1) is 11.8 Å². The van der Waals surface area contributed by atoms with E-state index in [0.29, 0.717) is 5.91 Å². The lowest BCUT2D eigenvalue weighted by molar-refractivity contribution is -0.137. The van der Waals surface area contributed by atoms with Crippen molar-refractivity contribution >= 4 is 5.91 Å². The number of carbonyl (C=O) groups excluding carboxylic acids is 1. The van der Waals surface area contributed by atoms with E-state index in [0.717, 1.165) is 70.5 Å². The first-order chi connectivity index (χ1) is 8.72. The van der Waals surface area contributed by atoms with Crippen LogP contribution in [0.5, 0.6) is 0 Å². The van der Waals surface area contributed by atoms with Crippen LogP contribution >= 0.6 is 0 Å². The summed E-state index contributed by atoms with van der Waals surface area (Å²) in [5.41, 5.74) is 5.60. The van der Waals surface area contributed by atoms with Crippen molar-refractivity contribution in [3.8, 4) is 0 Å². The molecule has 1 rings (SSSR count). The molecule has 0 aromatic carbocycles. The zero-order chi connectivity index (χ0) is 13.4. The Morgan fingerprint density at radius 2 is 1.78 bits per heavy atom. The minimum atomic E-state index is 0.269. The first-order valence-electron chi connectivity index (χ1n) is 7.71. The summed E-state index contributed by atoms with van der Waals surface area (Å²) in [5.74, 6) is 1.42. The first kappa shape index (κ1) is 15.5. The molecule has 1 aliphatic rings. The highest BCUT2D eigenvalue weighted by atomic mass is 16.2. The summed E-state index contributed by atoms with van der Waals surface area (Å²) in [4.78, 5) is 14.5. The fourth-order valence-electron chi connectivity index (χ4n) is 3.02. The fourth-order valence-corrected chi connectivity index (χ4v) is 3.02. The van der Waals surface area contributed by atoms with Crippen molar-refractivity contribution < 1.29 is 4.79 Å². The molecule has 3 nitrogen and oxygen atoms in total. The zero-order valence-corrected chi connectivity index (χ0v) is 12.2. The van der Waals surface area contributed by atoms with Crippen LogP contribution in [-0.4, -0.2) is 30.4 Å². The number of hydrogen-bond acceptors (Lipinski definition) is 2. The molecule has 0 aromatic rings. The van der Waals surface area contributed by atoms with Gasteiger partial charge in [-0.2, -0.15) is 0 Å². The molecule has 0 atom stereocenters. The van der Waals surface area contributed by atoms with Crippen LogP contribution < -0.4 is 5.73 Å². The number of nitrogens with zero attached hydrogens (tertiary/aromatic N) is 1. The number of nitrogens with two attached hydrogens (primary N) is 1. The Hall–Kier alpha value is -0.570. The summed E-state index contributed by atoms with van der Waals surface area (Å²) < 4.78 is 0. The average Bonchev–Trinajstić information content (AvgIpc) is 2.39. The van der Waals surface area contributed by atoms with Gasteiger partial charge < -0.3 is 10.6 Å². The van der Waals surface area contributed by atoms with Gasteiger partial charge in [0.15, 0.2) is 0 Å². The van der Waals surface area contributed by atoms with E-state index in [1.165, 1.54) is 0 Å². The Balaban J connectivity index is 2.41. The van der Waals surface area contributed by atoms with E-state index in [1.807, 2.05) is 0 Å². The molecular formula is C15H30N2O. The predicted octanol–water partition coefficient (Wildman–Crippen LogP) is 2.79. The van der Waals surface area contributed by atoms with E-state index in [1.54, 1.807) is 0 Å². The molecule has 106 valence electrons. The third-order valence-corrected chi connectivity index (χ3v) is 4.12. The molecule has 0 unspecified atom stereocenters. The van der Waals surface area contributed by atoms with Gasteiger partial charge in [0.1, 0.15) is 0 Å². The van der Waals surface area contributed by atoms with E-state index >= 15 is 0 Å². The van der Waals surface area contributed by atoms with Gasteiger partial charge in [0, 0.05) is 19.0 Å². The number of rotatable bonds is 7. The Bertz CT molecular complexity index is 229. The number of likely N-dealkylation sites (tertiary alicyclic amines) is 1. The Kier molecular flexibility index (Phi) is 7.33. The molecule has 0 aromatic heterocycles. The average molecular weight is 254 g/mol. The number of hydrogen-bond donors (Lipinski definition) is 1. The second-order valence-electron chi connectivity index (χ2n) is 5.62. The minimum absolute atomic E-state index is 0.269. The number of amides is 1. The molecule has 1 saturated heterocycles. The maximum absolute atomic E-state index is 12.4. The summed E-state index contributed by atoms with van der Waals surface area (Å²) in [6.45, 7) is 7.03. The third kappa shape index (κ3) is 4.60. The monoisotopic (exact) mass is 254 g/mol. The molecular weight excluding hydrogens is 224 g/mol. The van der Waals surface area contributed by atoms with Crippen LogP contribution in [0.1, 0.15) is 58.8 Å². The highest BCUT2D eigenvalue weighted by molar-refractivity contribution is 5.78. The molecule has 1 aliphatic heterocycles. The van der Waals surface area contributed by atoms with Gasteiger partial charge in [-0.25, -0.2) is 0 Å².